The maximum atomic E-state index is 12.4. The average Bonchev–Trinajstić information content (AvgIpc) is 3.22. The van der Waals surface area contributed by atoms with E-state index >= 15 is 0 Å². The van der Waals surface area contributed by atoms with Crippen molar-refractivity contribution in [2.45, 2.75) is 63.9 Å². The molecule has 3 aliphatic carbocycles. The van der Waals surface area contributed by atoms with Crippen LogP contribution in [0.3, 0.4) is 0 Å². The average molecular weight is 319 g/mol. The number of carbonyl (C=O) groups is 3. The van der Waals surface area contributed by atoms with Crippen LogP contribution < -0.4 is 0 Å². The van der Waals surface area contributed by atoms with Crippen molar-refractivity contribution in [2.24, 2.45) is 23.7 Å². The Morgan fingerprint density at radius 3 is 2.26 bits per heavy atom. The van der Waals surface area contributed by atoms with Gasteiger partial charge in [-0.05, 0) is 50.4 Å². The molecular formula is C18H25NO4. The highest BCUT2D eigenvalue weighted by Crippen LogP contribution is 2.46. The predicted molar refractivity (Wildman–Crippen MR) is 82.1 cm³/mol. The second-order valence-electron chi connectivity index (χ2n) is 7.78. The van der Waals surface area contributed by atoms with Crippen molar-refractivity contribution in [1.29, 1.82) is 0 Å². The van der Waals surface area contributed by atoms with E-state index in [1.165, 1.54) is 24.2 Å². The van der Waals surface area contributed by atoms with Crippen molar-refractivity contribution in [3.63, 3.8) is 0 Å². The van der Waals surface area contributed by atoms with Crippen molar-refractivity contribution in [3.8, 4) is 0 Å². The molecule has 1 heterocycles. The lowest BCUT2D eigenvalue weighted by Gasteiger charge is -2.22. The molecule has 0 aromatic heterocycles. The molecule has 5 atom stereocenters. The third-order valence-corrected chi connectivity index (χ3v) is 6.43. The molecule has 3 saturated carbocycles. The molecule has 0 spiro atoms. The predicted octanol–water partition coefficient (Wildman–Crippen LogP) is 2.28. The molecule has 0 aromatic rings. The van der Waals surface area contributed by atoms with Gasteiger partial charge in [0.1, 0.15) is 6.10 Å². The molecule has 5 heteroatoms. The highest BCUT2D eigenvalue weighted by molar-refractivity contribution is 6.05. The first-order chi connectivity index (χ1) is 11.1. The second kappa shape index (κ2) is 5.91. The van der Waals surface area contributed by atoms with E-state index in [9.17, 15) is 14.4 Å². The molecular weight excluding hydrogens is 294 g/mol. The van der Waals surface area contributed by atoms with Crippen molar-refractivity contribution in [3.05, 3.63) is 0 Å². The Morgan fingerprint density at radius 1 is 1.00 bits per heavy atom. The van der Waals surface area contributed by atoms with E-state index in [-0.39, 0.29) is 48.7 Å². The minimum atomic E-state index is -0.252. The van der Waals surface area contributed by atoms with Gasteiger partial charge in [0.05, 0.1) is 18.3 Å². The fourth-order valence-corrected chi connectivity index (χ4v) is 5.21. The summed E-state index contributed by atoms with van der Waals surface area (Å²) >= 11 is 0. The molecule has 0 aromatic carbocycles. The molecule has 126 valence electrons. The van der Waals surface area contributed by atoms with Crippen molar-refractivity contribution in [1.82, 2.24) is 4.90 Å². The third kappa shape index (κ3) is 2.68. The number of amides is 2. The molecule has 23 heavy (non-hydrogen) atoms. The van der Waals surface area contributed by atoms with Crippen LogP contribution in [0.1, 0.15) is 57.8 Å². The Morgan fingerprint density at radius 2 is 1.70 bits per heavy atom. The summed E-state index contributed by atoms with van der Waals surface area (Å²) in [5.41, 5.74) is 0. The Bertz CT molecular complexity index is 507. The summed E-state index contributed by atoms with van der Waals surface area (Å²) in [6.45, 7) is 0.199. The van der Waals surface area contributed by atoms with Gasteiger partial charge < -0.3 is 4.74 Å². The molecule has 2 bridgehead atoms. The van der Waals surface area contributed by atoms with Gasteiger partial charge in [-0.3, -0.25) is 19.3 Å². The topological polar surface area (TPSA) is 63.7 Å². The van der Waals surface area contributed by atoms with Gasteiger partial charge >= 0.3 is 5.97 Å². The van der Waals surface area contributed by atoms with E-state index in [4.69, 9.17) is 4.74 Å². The van der Waals surface area contributed by atoms with E-state index in [0.717, 1.165) is 38.0 Å². The molecule has 0 N–H and O–H groups in total. The molecule has 4 rings (SSSR count). The SMILES string of the molecule is O=C(CCN1C(=O)C2CCCCC2C1=O)OC1CC2CCC1C2. The van der Waals surface area contributed by atoms with Crippen molar-refractivity contribution >= 4 is 17.8 Å². The molecule has 4 fully saturated rings. The second-order valence-corrected chi connectivity index (χ2v) is 7.78. The fourth-order valence-electron chi connectivity index (χ4n) is 5.21. The Balaban J connectivity index is 1.29. The minimum Gasteiger partial charge on any atom is -0.462 e. The maximum absolute atomic E-state index is 12.4. The zero-order valence-electron chi connectivity index (χ0n) is 13.5. The van der Waals surface area contributed by atoms with Crippen molar-refractivity contribution < 1.29 is 19.1 Å². The number of imide groups is 1. The number of likely N-dealkylation sites (tertiary alicyclic amines) is 1. The van der Waals surface area contributed by atoms with E-state index in [1.54, 1.807) is 0 Å². The van der Waals surface area contributed by atoms with Gasteiger partial charge in [0.25, 0.3) is 0 Å². The highest BCUT2D eigenvalue weighted by atomic mass is 16.5. The number of carbonyl (C=O) groups excluding carboxylic acids is 3. The molecule has 5 nitrogen and oxygen atoms in total. The lowest BCUT2D eigenvalue weighted by molar-refractivity contribution is -0.152. The zero-order valence-corrected chi connectivity index (χ0v) is 13.5. The standard InChI is InChI=1S/C18H25NO4/c20-16(23-15-10-11-5-6-12(15)9-11)7-8-19-17(21)13-3-1-2-4-14(13)18(19)22/h11-15H,1-10H2. The van der Waals surface area contributed by atoms with E-state index in [0.29, 0.717) is 5.92 Å². The Kier molecular flexibility index (Phi) is 3.90. The van der Waals surface area contributed by atoms with Crippen LogP contribution in [-0.4, -0.2) is 35.3 Å². The molecule has 4 aliphatic rings. The van der Waals surface area contributed by atoms with Gasteiger partial charge in [-0.2, -0.15) is 0 Å². The summed E-state index contributed by atoms with van der Waals surface area (Å²) in [6, 6.07) is 0. The Labute approximate surface area is 136 Å². The smallest absolute Gasteiger partial charge is 0.307 e. The van der Waals surface area contributed by atoms with Gasteiger partial charge in [-0.1, -0.05) is 12.8 Å². The molecule has 1 aliphatic heterocycles. The van der Waals surface area contributed by atoms with Crippen LogP contribution in [0.15, 0.2) is 0 Å². The number of hydrogen-bond acceptors (Lipinski definition) is 4. The first-order valence-corrected chi connectivity index (χ1v) is 9.18. The number of rotatable bonds is 4. The van der Waals surface area contributed by atoms with Gasteiger partial charge in [0.15, 0.2) is 0 Å². The van der Waals surface area contributed by atoms with Crippen LogP contribution in [0.4, 0.5) is 0 Å². The van der Waals surface area contributed by atoms with Gasteiger partial charge in [0, 0.05) is 6.54 Å². The molecule has 0 radical (unpaired) electrons. The number of nitrogens with zero attached hydrogens (tertiary/aromatic N) is 1. The van der Waals surface area contributed by atoms with Gasteiger partial charge in [0.2, 0.25) is 11.8 Å². The molecule has 1 saturated heterocycles. The third-order valence-electron chi connectivity index (χ3n) is 6.43. The van der Waals surface area contributed by atoms with Crippen molar-refractivity contribution in [2.75, 3.05) is 6.54 Å². The van der Waals surface area contributed by atoms with Crippen LogP contribution in [0.2, 0.25) is 0 Å². The summed E-state index contributed by atoms with van der Waals surface area (Å²) < 4.78 is 5.61. The van der Waals surface area contributed by atoms with Crippen LogP contribution >= 0.6 is 0 Å². The first-order valence-electron chi connectivity index (χ1n) is 9.18. The van der Waals surface area contributed by atoms with E-state index in [2.05, 4.69) is 0 Å². The lowest BCUT2D eigenvalue weighted by atomic mass is 9.81. The van der Waals surface area contributed by atoms with E-state index < -0.39 is 0 Å². The minimum absolute atomic E-state index is 0.0626. The largest absolute Gasteiger partial charge is 0.462 e. The maximum Gasteiger partial charge on any atom is 0.307 e. The van der Waals surface area contributed by atoms with Gasteiger partial charge in [-0.25, -0.2) is 0 Å². The Hall–Kier alpha value is -1.39. The first kappa shape index (κ1) is 15.2. The van der Waals surface area contributed by atoms with Crippen LogP contribution in [0, 0.1) is 23.7 Å². The van der Waals surface area contributed by atoms with E-state index in [1.807, 2.05) is 0 Å². The monoisotopic (exact) mass is 319 g/mol. The summed E-state index contributed by atoms with van der Waals surface area (Å²) in [7, 11) is 0. The number of esters is 1. The highest BCUT2D eigenvalue weighted by Gasteiger charge is 2.48. The number of fused-ring (bicyclic) bond motifs is 3. The quantitative estimate of drug-likeness (QED) is 0.589. The summed E-state index contributed by atoms with van der Waals surface area (Å²) in [4.78, 5) is 38.1. The summed E-state index contributed by atoms with van der Waals surface area (Å²) in [6.07, 6.45) is 8.57. The number of hydrogen-bond donors (Lipinski definition) is 0. The zero-order chi connectivity index (χ0) is 16.0. The van der Waals surface area contributed by atoms with Crippen LogP contribution in [0.5, 0.6) is 0 Å². The molecule has 2 amide bonds. The normalized spacial score (nSPS) is 39.0. The fraction of sp³-hybridized carbons (Fsp3) is 0.833. The molecule has 5 unspecified atom stereocenters. The number of ether oxygens (including phenoxy) is 1. The van der Waals surface area contributed by atoms with Gasteiger partial charge in [-0.15, -0.1) is 0 Å². The lowest BCUT2D eigenvalue weighted by Crippen LogP contribution is -2.34. The summed E-state index contributed by atoms with van der Waals surface area (Å²) in [5, 5.41) is 0. The van der Waals surface area contributed by atoms with Crippen LogP contribution in [0.25, 0.3) is 0 Å². The van der Waals surface area contributed by atoms with Crippen LogP contribution in [-0.2, 0) is 19.1 Å². The summed E-state index contributed by atoms with van der Waals surface area (Å²) in [5.74, 6) is 0.651.